The standard InChI is InChI=1S/C27H46O5/c1-4-5-6-7-8-9-10-11-12-13-14-15-16-17-22(28)31-25-23(29)24(32-26(25)30)21-18-19-27(2,3)20-21/h21,24-25H,4-20H2,1-3H3. The second kappa shape index (κ2) is 14.0. The number of hydrogen-bond acceptors (Lipinski definition) is 5. The SMILES string of the molecule is CCCCCCCCCCCCCCCC(=O)OC1C(=O)OC(C2CCC(C)(C)C2)C1=O. The molecule has 1 aliphatic carbocycles. The van der Waals surface area contributed by atoms with E-state index in [1.807, 2.05) is 0 Å². The largest absolute Gasteiger partial charge is 0.451 e. The van der Waals surface area contributed by atoms with Crippen molar-refractivity contribution in [2.75, 3.05) is 0 Å². The molecule has 3 atom stereocenters. The van der Waals surface area contributed by atoms with E-state index < -0.39 is 24.1 Å². The van der Waals surface area contributed by atoms with Gasteiger partial charge in [0.25, 0.3) is 6.10 Å². The fourth-order valence-electron chi connectivity index (χ4n) is 5.17. The molecule has 5 heteroatoms. The fraction of sp³-hybridized carbons (Fsp3) is 0.889. The van der Waals surface area contributed by atoms with Crippen LogP contribution in [0.3, 0.4) is 0 Å². The normalized spacial score (nSPS) is 24.7. The maximum absolute atomic E-state index is 12.6. The van der Waals surface area contributed by atoms with Gasteiger partial charge in [-0.25, -0.2) is 4.79 Å². The van der Waals surface area contributed by atoms with E-state index >= 15 is 0 Å². The summed E-state index contributed by atoms with van der Waals surface area (Å²) in [7, 11) is 0. The highest BCUT2D eigenvalue weighted by Gasteiger charge is 2.51. The number of ketones is 1. The Labute approximate surface area is 195 Å². The number of carbonyl (C=O) groups is 3. The second-order valence-electron chi connectivity index (χ2n) is 10.8. The van der Waals surface area contributed by atoms with Gasteiger partial charge in [-0.2, -0.15) is 0 Å². The minimum Gasteiger partial charge on any atom is -0.451 e. The van der Waals surface area contributed by atoms with Gasteiger partial charge in [-0.1, -0.05) is 97.8 Å². The van der Waals surface area contributed by atoms with Gasteiger partial charge in [-0.15, -0.1) is 0 Å². The van der Waals surface area contributed by atoms with Crippen LogP contribution in [-0.2, 0) is 23.9 Å². The third-order valence-electron chi connectivity index (χ3n) is 7.16. The lowest BCUT2D eigenvalue weighted by atomic mass is 9.88. The third-order valence-corrected chi connectivity index (χ3v) is 7.16. The summed E-state index contributed by atoms with van der Waals surface area (Å²) in [4.78, 5) is 36.9. The average molecular weight is 451 g/mol. The fourth-order valence-corrected chi connectivity index (χ4v) is 5.17. The number of carbonyl (C=O) groups excluding carboxylic acids is 3. The van der Waals surface area contributed by atoms with E-state index in [-0.39, 0.29) is 23.5 Å². The quantitative estimate of drug-likeness (QED) is 0.149. The van der Waals surface area contributed by atoms with Crippen LogP contribution < -0.4 is 0 Å². The van der Waals surface area contributed by atoms with E-state index in [4.69, 9.17) is 9.47 Å². The molecule has 0 spiro atoms. The highest BCUT2D eigenvalue weighted by molar-refractivity contribution is 6.10. The Bertz CT molecular complexity index is 597. The summed E-state index contributed by atoms with van der Waals surface area (Å²) in [6, 6.07) is 0. The van der Waals surface area contributed by atoms with Gasteiger partial charge in [0.2, 0.25) is 5.78 Å². The van der Waals surface area contributed by atoms with Crippen molar-refractivity contribution in [3.63, 3.8) is 0 Å². The van der Waals surface area contributed by atoms with E-state index in [0.29, 0.717) is 0 Å². The van der Waals surface area contributed by atoms with Crippen molar-refractivity contribution in [3.8, 4) is 0 Å². The zero-order valence-corrected chi connectivity index (χ0v) is 20.8. The van der Waals surface area contributed by atoms with E-state index in [1.54, 1.807) is 0 Å². The number of unbranched alkanes of at least 4 members (excludes halogenated alkanes) is 12. The number of ether oxygens (including phenoxy) is 2. The van der Waals surface area contributed by atoms with Crippen molar-refractivity contribution in [1.29, 1.82) is 0 Å². The van der Waals surface area contributed by atoms with E-state index in [0.717, 1.165) is 38.5 Å². The van der Waals surface area contributed by atoms with Crippen molar-refractivity contribution < 1.29 is 23.9 Å². The molecule has 0 aromatic heterocycles. The van der Waals surface area contributed by atoms with Crippen LogP contribution in [-0.4, -0.2) is 29.9 Å². The zero-order chi connectivity index (χ0) is 23.4. The van der Waals surface area contributed by atoms with Crippen LogP contribution in [0, 0.1) is 11.3 Å². The third kappa shape index (κ3) is 9.23. The van der Waals surface area contributed by atoms with Gasteiger partial charge in [0, 0.05) is 12.3 Å². The lowest BCUT2D eigenvalue weighted by Gasteiger charge is -2.19. The molecule has 1 saturated carbocycles. The Morgan fingerprint density at radius 3 is 1.94 bits per heavy atom. The van der Waals surface area contributed by atoms with Crippen molar-refractivity contribution in [1.82, 2.24) is 0 Å². The molecule has 1 aliphatic heterocycles. The predicted octanol–water partition coefficient (Wildman–Crippen LogP) is 6.70. The molecule has 32 heavy (non-hydrogen) atoms. The van der Waals surface area contributed by atoms with Gasteiger partial charge >= 0.3 is 11.9 Å². The summed E-state index contributed by atoms with van der Waals surface area (Å²) in [5.74, 6) is -1.47. The van der Waals surface area contributed by atoms with Crippen LogP contribution in [0.2, 0.25) is 0 Å². The van der Waals surface area contributed by atoms with Gasteiger partial charge in [-0.3, -0.25) is 9.59 Å². The van der Waals surface area contributed by atoms with Gasteiger partial charge in [0.15, 0.2) is 6.10 Å². The number of Topliss-reactive ketones (excluding diaryl/α,β-unsaturated/α-hetero) is 1. The van der Waals surface area contributed by atoms with Crippen LogP contribution >= 0.6 is 0 Å². The van der Waals surface area contributed by atoms with Crippen LogP contribution in [0.15, 0.2) is 0 Å². The van der Waals surface area contributed by atoms with Crippen molar-refractivity contribution in [2.45, 2.75) is 142 Å². The second-order valence-corrected chi connectivity index (χ2v) is 10.8. The highest BCUT2D eigenvalue weighted by atomic mass is 16.6. The smallest absolute Gasteiger partial charge is 0.356 e. The molecule has 0 radical (unpaired) electrons. The first-order chi connectivity index (χ1) is 15.3. The predicted molar refractivity (Wildman–Crippen MR) is 126 cm³/mol. The molecule has 184 valence electrons. The maximum Gasteiger partial charge on any atom is 0.356 e. The number of hydrogen-bond donors (Lipinski definition) is 0. The summed E-state index contributed by atoms with van der Waals surface area (Å²) in [5.41, 5.74) is 0.167. The molecule has 0 amide bonds. The molecule has 5 nitrogen and oxygen atoms in total. The Morgan fingerprint density at radius 2 is 1.44 bits per heavy atom. The number of esters is 2. The monoisotopic (exact) mass is 450 g/mol. The first-order valence-corrected chi connectivity index (χ1v) is 13.3. The molecule has 0 N–H and O–H groups in total. The number of rotatable bonds is 16. The van der Waals surface area contributed by atoms with Gasteiger partial charge in [0.05, 0.1) is 0 Å². The summed E-state index contributed by atoms with van der Waals surface area (Å²) in [6.45, 7) is 6.59. The Balaban J connectivity index is 1.50. The Kier molecular flexibility index (Phi) is 11.7. The molecule has 3 unspecified atom stereocenters. The van der Waals surface area contributed by atoms with Crippen LogP contribution in [0.5, 0.6) is 0 Å². The number of cyclic esters (lactones) is 1. The Hall–Kier alpha value is -1.39. The van der Waals surface area contributed by atoms with Crippen molar-refractivity contribution in [3.05, 3.63) is 0 Å². The van der Waals surface area contributed by atoms with E-state index in [1.165, 1.54) is 64.2 Å². The van der Waals surface area contributed by atoms with Crippen LogP contribution in [0.1, 0.15) is 130 Å². The molecular weight excluding hydrogens is 404 g/mol. The minimum absolute atomic E-state index is 0.0474. The lowest BCUT2D eigenvalue weighted by molar-refractivity contribution is -0.162. The van der Waals surface area contributed by atoms with E-state index in [9.17, 15) is 14.4 Å². The molecule has 0 aromatic carbocycles. The van der Waals surface area contributed by atoms with Crippen molar-refractivity contribution >= 4 is 17.7 Å². The van der Waals surface area contributed by atoms with Crippen molar-refractivity contribution in [2.24, 2.45) is 11.3 Å². The summed E-state index contributed by atoms with van der Waals surface area (Å²) < 4.78 is 10.5. The molecule has 1 saturated heterocycles. The average Bonchev–Trinajstić information content (AvgIpc) is 3.24. The molecule has 0 bridgehead atoms. The first kappa shape index (κ1) is 26.9. The Morgan fingerprint density at radius 1 is 0.906 bits per heavy atom. The zero-order valence-electron chi connectivity index (χ0n) is 20.8. The molecule has 2 rings (SSSR count). The summed E-state index contributed by atoms with van der Waals surface area (Å²) in [5, 5.41) is 0. The van der Waals surface area contributed by atoms with Gasteiger partial charge < -0.3 is 9.47 Å². The minimum atomic E-state index is -1.35. The molecular formula is C27H46O5. The van der Waals surface area contributed by atoms with Crippen LogP contribution in [0.25, 0.3) is 0 Å². The van der Waals surface area contributed by atoms with Gasteiger partial charge in [0.1, 0.15) is 0 Å². The molecule has 0 aromatic rings. The highest BCUT2D eigenvalue weighted by Crippen LogP contribution is 2.44. The summed E-state index contributed by atoms with van der Waals surface area (Å²) >= 11 is 0. The molecule has 1 heterocycles. The maximum atomic E-state index is 12.6. The summed E-state index contributed by atoms with van der Waals surface area (Å²) in [6.07, 6.45) is 17.1. The first-order valence-electron chi connectivity index (χ1n) is 13.3. The molecule has 2 aliphatic rings. The van der Waals surface area contributed by atoms with Crippen LogP contribution in [0.4, 0.5) is 0 Å². The van der Waals surface area contributed by atoms with Gasteiger partial charge in [-0.05, 0) is 31.1 Å². The molecule has 2 fully saturated rings. The topological polar surface area (TPSA) is 69.7 Å². The van der Waals surface area contributed by atoms with E-state index in [2.05, 4.69) is 20.8 Å². The lowest BCUT2D eigenvalue weighted by Crippen LogP contribution is -2.33.